The standard InChI is InChI=1S/C31H61NO2/c1-5-7-9-11-13-14-15-16-17-18-19-20-21-22-23-25-27-33-29-30(32)31(3,4)34-28-26-24-12-10-8-6-2/h13-14,16-17,30H,5-12,15,18-29,32H2,1-4H3/b14-13-,17-16-. The Hall–Kier alpha value is -0.640. The first-order valence-electron chi connectivity index (χ1n) is 14.8. The average molecular weight is 480 g/mol. The molecule has 34 heavy (non-hydrogen) atoms. The van der Waals surface area contributed by atoms with Gasteiger partial charge in [0.15, 0.2) is 0 Å². The highest BCUT2D eigenvalue weighted by Gasteiger charge is 2.27. The number of ether oxygens (including phenoxy) is 2. The van der Waals surface area contributed by atoms with Gasteiger partial charge in [0.1, 0.15) is 0 Å². The van der Waals surface area contributed by atoms with Crippen LogP contribution in [0, 0.1) is 0 Å². The number of hydrogen-bond acceptors (Lipinski definition) is 3. The Morgan fingerprint density at radius 3 is 1.71 bits per heavy atom. The Labute approximate surface area is 214 Å². The van der Waals surface area contributed by atoms with Crippen LogP contribution in [0.1, 0.15) is 143 Å². The molecule has 0 aliphatic heterocycles. The molecule has 2 N–H and O–H groups in total. The highest BCUT2D eigenvalue weighted by Crippen LogP contribution is 2.16. The molecular weight excluding hydrogens is 418 g/mol. The summed E-state index contributed by atoms with van der Waals surface area (Å²) in [6.07, 6.45) is 32.3. The van der Waals surface area contributed by atoms with Gasteiger partial charge in [-0.2, -0.15) is 0 Å². The third-order valence-corrected chi connectivity index (χ3v) is 6.65. The SMILES string of the molecule is CCCCC/C=C\C/C=C\CCCCCCCCOCC(N)C(C)(C)OCCCCCCCC. The summed E-state index contributed by atoms with van der Waals surface area (Å²) in [5.41, 5.74) is 6.03. The maximum atomic E-state index is 6.34. The summed E-state index contributed by atoms with van der Waals surface area (Å²) < 4.78 is 11.9. The first kappa shape index (κ1) is 33.4. The van der Waals surface area contributed by atoms with E-state index in [-0.39, 0.29) is 11.6 Å². The van der Waals surface area contributed by atoms with E-state index >= 15 is 0 Å². The summed E-state index contributed by atoms with van der Waals surface area (Å²) in [4.78, 5) is 0. The lowest BCUT2D eigenvalue weighted by atomic mass is 10.00. The van der Waals surface area contributed by atoms with Gasteiger partial charge in [0.05, 0.1) is 18.2 Å². The molecule has 0 saturated carbocycles. The number of nitrogens with two attached hydrogens (primary N) is 1. The fourth-order valence-corrected chi connectivity index (χ4v) is 3.93. The Kier molecular flexibility index (Phi) is 25.0. The summed E-state index contributed by atoms with van der Waals surface area (Å²) in [5.74, 6) is 0. The Morgan fingerprint density at radius 1 is 0.618 bits per heavy atom. The molecule has 0 bridgehead atoms. The second kappa shape index (κ2) is 25.5. The quantitative estimate of drug-likeness (QED) is 0.0992. The fraction of sp³-hybridized carbons (Fsp3) is 0.871. The predicted octanol–water partition coefficient (Wildman–Crippen LogP) is 9.30. The van der Waals surface area contributed by atoms with E-state index in [9.17, 15) is 0 Å². The molecule has 3 nitrogen and oxygen atoms in total. The van der Waals surface area contributed by atoms with Crippen LogP contribution in [0.4, 0.5) is 0 Å². The monoisotopic (exact) mass is 479 g/mol. The molecule has 1 atom stereocenters. The van der Waals surface area contributed by atoms with Crippen LogP contribution in [-0.2, 0) is 9.47 Å². The van der Waals surface area contributed by atoms with Crippen molar-refractivity contribution in [2.24, 2.45) is 5.73 Å². The molecule has 0 aromatic carbocycles. The van der Waals surface area contributed by atoms with Crippen molar-refractivity contribution < 1.29 is 9.47 Å². The van der Waals surface area contributed by atoms with Crippen molar-refractivity contribution >= 4 is 0 Å². The van der Waals surface area contributed by atoms with Gasteiger partial charge in [-0.05, 0) is 58.8 Å². The van der Waals surface area contributed by atoms with E-state index in [1.165, 1.54) is 96.3 Å². The van der Waals surface area contributed by atoms with Crippen LogP contribution in [0.5, 0.6) is 0 Å². The van der Waals surface area contributed by atoms with E-state index < -0.39 is 0 Å². The summed E-state index contributed by atoms with van der Waals surface area (Å²) in [7, 11) is 0. The molecule has 0 aromatic rings. The number of hydrogen-bond donors (Lipinski definition) is 1. The van der Waals surface area contributed by atoms with E-state index in [2.05, 4.69) is 52.0 Å². The van der Waals surface area contributed by atoms with Gasteiger partial charge >= 0.3 is 0 Å². The predicted molar refractivity (Wildman–Crippen MR) is 152 cm³/mol. The number of rotatable bonds is 26. The third-order valence-electron chi connectivity index (χ3n) is 6.65. The van der Waals surface area contributed by atoms with Crippen molar-refractivity contribution in [2.45, 2.75) is 155 Å². The molecule has 0 amide bonds. The molecule has 0 aliphatic rings. The lowest BCUT2D eigenvalue weighted by Gasteiger charge is -2.31. The third kappa shape index (κ3) is 23.1. The molecule has 1 unspecified atom stereocenters. The van der Waals surface area contributed by atoms with E-state index in [0.717, 1.165) is 32.5 Å². The molecule has 0 fully saturated rings. The van der Waals surface area contributed by atoms with Gasteiger partial charge in [0.25, 0.3) is 0 Å². The largest absolute Gasteiger partial charge is 0.380 e. The summed E-state index contributed by atoms with van der Waals surface area (Å²) in [5, 5.41) is 0. The first-order valence-corrected chi connectivity index (χ1v) is 14.8. The molecule has 0 radical (unpaired) electrons. The van der Waals surface area contributed by atoms with Crippen molar-refractivity contribution in [3.05, 3.63) is 24.3 Å². The van der Waals surface area contributed by atoms with E-state index in [4.69, 9.17) is 15.2 Å². The van der Waals surface area contributed by atoms with Crippen LogP contribution in [0.3, 0.4) is 0 Å². The highest BCUT2D eigenvalue weighted by molar-refractivity contribution is 4.92. The summed E-state index contributed by atoms with van der Waals surface area (Å²) >= 11 is 0. The van der Waals surface area contributed by atoms with Gasteiger partial charge in [-0.25, -0.2) is 0 Å². The van der Waals surface area contributed by atoms with Crippen LogP contribution >= 0.6 is 0 Å². The average Bonchev–Trinajstić information content (AvgIpc) is 2.82. The molecule has 0 aliphatic carbocycles. The zero-order valence-corrected chi connectivity index (χ0v) is 23.6. The van der Waals surface area contributed by atoms with E-state index in [0.29, 0.717) is 6.61 Å². The molecule has 202 valence electrons. The van der Waals surface area contributed by atoms with Crippen molar-refractivity contribution in [1.29, 1.82) is 0 Å². The van der Waals surface area contributed by atoms with Crippen LogP contribution in [0.15, 0.2) is 24.3 Å². The number of allylic oxidation sites excluding steroid dienone is 4. The zero-order chi connectivity index (χ0) is 25.2. The van der Waals surface area contributed by atoms with Crippen LogP contribution < -0.4 is 5.73 Å². The summed E-state index contributed by atoms with van der Waals surface area (Å²) in [6.45, 7) is 10.9. The molecular formula is C31H61NO2. The van der Waals surface area contributed by atoms with Crippen molar-refractivity contribution in [3.63, 3.8) is 0 Å². The normalized spacial score (nSPS) is 13.4. The maximum absolute atomic E-state index is 6.34. The molecule has 0 heterocycles. The highest BCUT2D eigenvalue weighted by atomic mass is 16.5. The van der Waals surface area contributed by atoms with E-state index in [1.54, 1.807) is 0 Å². The lowest BCUT2D eigenvalue weighted by Crippen LogP contribution is -2.48. The topological polar surface area (TPSA) is 44.5 Å². The van der Waals surface area contributed by atoms with Gasteiger partial charge < -0.3 is 15.2 Å². The minimum absolute atomic E-state index is 0.0720. The first-order chi connectivity index (χ1) is 16.5. The lowest BCUT2D eigenvalue weighted by molar-refractivity contribution is -0.0566. The Balaban J connectivity index is 3.47. The number of unbranched alkanes of at least 4 members (excludes halogenated alkanes) is 14. The molecule has 0 rings (SSSR count). The van der Waals surface area contributed by atoms with Crippen molar-refractivity contribution in [3.8, 4) is 0 Å². The second-order valence-electron chi connectivity index (χ2n) is 10.5. The van der Waals surface area contributed by atoms with Crippen LogP contribution in [0.25, 0.3) is 0 Å². The molecule has 0 saturated heterocycles. The minimum Gasteiger partial charge on any atom is -0.380 e. The van der Waals surface area contributed by atoms with E-state index in [1.807, 2.05) is 0 Å². The van der Waals surface area contributed by atoms with Gasteiger partial charge in [-0.3, -0.25) is 0 Å². The fourth-order valence-electron chi connectivity index (χ4n) is 3.93. The summed E-state index contributed by atoms with van der Waals surface area (Å²) in [6, 6.07) is -0.0720. The Morgan fingerprint density at radius 2 is 1.09 bits per heavy atom. The molecule has 0 spiro atoms. The van der Waals surface area contributed by atoms with Crippen molar-refractivity contribution in [2.75, 3.05) is 19.8 Å². The van der Waals surface area contributed by atoms with Crippen LogP contribution in [0.2, 0.25) is 0 Å². The van der Waals surface area contributed by atoms with Crippen LogP contribution in [-0.4, -0.2) is 31.5 Å². The zero-order valence-electron chi connectivity index (χ0n) is 23.6. The Bertz CT molecular complexity index is 458. The maximum Gasteiger partial charge on any atom is 0.0799 e. The molecule has 0 aromatic heterocycles. The smallest absolute Gasteiger partial charge is 0.0799 e. The minimum atomic E-state index is -0.317. The van der Waals surface area contributed by atoms with Gasteiger partial charge in [0.2, 0.25) is 0 Å². The molecule has 3 heteroatoms. The van der Waals surface area contributed by atoms with Gasteiger partial charge in [-0.1, -0.05) is 109 Å². The second-order valence-corrected chi connectivity index (χ2v) is 10.5. The van der Waals surface area contributed by atoms with Gasteiger partial charge in [-0.15, -0.1) is 0 Å². The van der Waals surface area contributed by atoms with Gasteiger partial charge in [0, 0.05) is 13.2 Å². The van der Waals surface area contributed by atoms with Crippen molar-refractivity contribution in [1.82, 2.24) is 0 Å².